The molecule has 0 amide bonds. The molecule has 1 rings (SSSR count). The van der Waals surface area contributed by atoms with Gasteiger partial charge < -0.3 is 9.47 Å². The molecule has 18 heavy (non-hydrogen) atoms. The number of hydrogen-bond acceptors (Lipinski definition) is 3. The molecule has 0 heterocycles. The number of carbonyl (C=O) groups is 1. The van der Waals surface area contributed by atoms with E-state index in [2.05, 4.69) is 6.92 Å². The summed E-state index contributed by atoms with van der Waals surface area (Å²) >= 11 is 0. The highest BCUT2D eigenvalue weighted by Gasteiger charge is 2.23. The third-order valence-corrected chi connectivity index (χ3v) is 3.83. The number of hydrogen-bond donors (Lipinski definition) is 0. The average molecular weight is 254 g/mol. The topological polar surface area (TPSA) is 35.5 Å². The first-order chi connectivity index (χ1) is 8.72. The van der Waals surface area contributed by atoms with Crippen LogP contribution in [0, 0.1) is 5.92 Å². The van der Waals surface area contributed by atoms with Gasteiger partial charge in [-0.25, -0.2) is 4.79 Å². The van der Waals surface area contributed by atoms with Gasteiger partial charge in [0.05, 0.1) is 19.8 Å². The summed E-state index contributed by atoms with van der Waals surface area (Å²) in [7, 11) is 1.42. The zero-order valence-corrected chi connectivity index (χ0v) is 11.9. The SMILES string of the molecule is CCC(=CCOC1CCCCC1CC)C(=O)OC. The van der Waals surface area contributed by atoms with Crippen molar-refractivity contribution in [1.82, 2.24) is 0 Å². The molecule has 1 fully saturated rings. The second-order valence-electron chi connectivity index (χ2n) is 4.90. The van der Waals surface area contributed by atoms with Crippen molar-refractivity contribution in [3.05, 3.63) is 11.6 Å². The minimum Gasteiger partial charge on any atom is -0.466 e. The van der Waals surface area contributed by atoms with E-state index in [9.17, 15) is 4.79 Å². The molecule has 3 heteroatoms. The quantitative estimate of drug-likeness (QED) is 0.537. The van der Waals surface area contributed by atoms with Gasteiger partial charge in [-0.15, -0.1) is 0 Å². The highest BCUT2D eigenvalue weighted by Crippen LogP contribution is 2.29. The highest BCUT2D eigenvalue weighted by atomic mass is 16.5. The molecule has 0 spiro atoms. The first-order valence-corrected chi connectivity index (χ1v) is 7.11. The third-order valence-electron chi connectivity index (χ3n) is 3.83. The fraction of sp³-hybridized carbons (Fsp3) is 0.800. The number of methoxy groups -OCH3 is 1. The Morgan fingerprint density at radius 1 is 1.28 bits per heavy atom. The van der Waals surface area contributed by atoms with E-state index in [0.717, 1.165) is 6.42 Å². The Balaban J connectivity index is 2.43. The lowest BCUT2D eigenvalue weighted by atomic mass is 9.85. The molecule has 0 aromatic carbocycles. The van der Waals surface area contributed by atoms with E-state index in [0.29, 0.717) is 30.6 Å². The van der Waals surface area contributed by atoms with Crippen molar-refractivity contribution in [3.63, 3.8) is 0 Å². The second kappa shape index (κ2) is 8.30. The molecular formula is C15H26O3. The number of ether oxygens (including phenoxy) is 2. The summed E-state index contributed by atoms with van der Waals surface area (Å²) in [6, 6.07) is 0. The van der Waals surface area contributed by atoms with Crippen LogP contribution in [0.3, 0.4) is 0 Å². The van der Waals surface area contributed by atoms with Crippen LogP contribution in [0.15, 0.2) is 11.6 Å². The van der Waals surface area contributed by atoms with Gasteiger partial charge in [-0.3, -0.25) is 0 Å². The van der Waals surface area contributed by atoms with E-state index in [1.807, 2.05) is 13.0 Å². The Bertz CT molecular complexity index is 283. The van der Waals surface area contributed by atoms with E-state index in [-0.39, 0.29) is 5.97 Å². The minimum atomic E-state index is -0.239. The molecule has 104 valence electrons. The van der Waals surface area contributed by atoms with Gasteiger partial charge in [-0.1, -0.05) is 33.1 Å². The van der Waals surface area contributed by atoms with Crippen molar-refractivity contribution in [1.29, 1.82) is 0 Å². The van der Waals surface area contributed by atoms with Crippen LogP contribution in [0.2, 0.25) is 0 Å². The summed E-state index contributed by atoms with van der Waals surface area (Å²) in [6.07, 6.45) is 9.15. The van der Waals surface area contributed by atoms with Gasteiger partial charge in [-0.05, 0) is 31.3 Å². The van der Waals surface area contributed by atoms with Crippen LogP contribution in [0.1, 0.15) is 52.4 Å². The Morgan fingerprint density at radius 2 is 2.00 bits per heavy atom. The molecule has 0 aromatic heterocycles. The van der Waals surface area contributed by atoms with Crippen molar-refractivity contribution in [3.8, 4) is 0 Å². The lowest BCUT2D eigenvalue weighted by molar-refractivity contribution is -0.136. The molecule has 2 atom stereocenters. The van der Waals surface area contributed by atoms with Gasteiger partial charge in [0.2, 0.25) is 0 Å². The third kappa shape index (κ3) is 4.45. The Labute approximate surface area is 111 Å². The molecule has 0 bridgehead atoms. The summed E-state index contributed by atoms with van der Waals surface area (Å²) < 4.78 is 10.7. The number of rotatable bonds is 6. The maximum atomic E-state index is 11.4. The fourth-order valence-corrected chi connectivity index (χ4v) is 2.64. The van der Waals surface area contributed by atoms with Crippen LogP contribution in [0.5, 0.6) is 0 Å². The average Bonchev–Trinajstić information content (AvgIpc) is 2.43. The predicted molar refractivity (Wildman–Crippen MR) is 72.4 cm³/mol. The Kier molecular flexibility index (Phi) is 7.02. The summed E-state index contributed by atoms with van der Waals surface area (Å²) in [6.45, 7) is 4.71. The zero-order chi connectivity index (χ0) is 13.4. The second-order valence-corrected chi connectivity index (χ2v) is 4.90. The standard InChI is InChI=1S/C15H26O3/c1-4-12-8-6-7-9-14(12)18-11-10-13(5-2)15(16)17-3/h10,12,14H,4-9,11H2,1-3H3. The van der Waals surface area contributed by atoms with Gasteiger partial charge in [-0.2, -0.15) is 0 Å². The maximum absolute atomic E-state index is 11.4. The van der Waals surface area contributed by atoms with Crippen molar-refractivity contribution >= 4 is 5.97 Å². The van der Waals surface area contributed by atoms with Crippen molar-refractivity contribution in [2.45, 2.75) is 58.5 Å². The normalized spacial score (nSPS) is 24.9. The van der Waals surface area contributed by atoms with Gasteiger partial charge >= 0.3 is 5.97 Å². The van der Waals surface area contributed by atoms with Gasteiger partial charge in [0.15, 0.2) is 0 Å². The summed E-state index contributed by atoms with van der Waals surface area (Å²) in [4.78, 5) is 11.4. The van der Waals surface area contributed by atoms with Gasteiger partial charge in [0.25, 0.3) is 0 Å². The molecular weight excluding hydrogens is 228 g/mol. The Hall–Kier alpha value is -0.830. The largest absolute Gasteiger partial charge is 0.466 e. The summed E-state index contributed by atoms with van der Waals surface area (Å²) in [5.74, 6) is 0.451. The van der Waals surface area contributed by atoms with Crippen LogP contribution in [-0.4, -0.2) is 25.8 Å². The maximum Gasteiger partial charge on any atom is 0.333 e. The molecule has 1 aliphatic rings. The predicted octanol–water partition coefficient (Wildman–Crippen LogP) is 3.48. The van der Waals surface area contributed by atoms with E-state index in [1.165, 1.54) is 32.8 Å². The van der Waals surface area contributed by atoms with Crippen molar-refractivity contribution < 1.29 is 14.3 Å². The van der Waals surface area contributed by atoms with E-state index < -0.39 is 0 Å². The van der Waals surface area contributed by atoms with Gasteiger partial charge in [0, 0.05) is 5.57 Å². The molecule has 0 aromatic rings. The van der Waals surface area contributed by atoms with Crippen LogP contribution >= 0.6 is 0 Å². The van der Waals surface area contributed by atoms with E-state index in [1.54, 1.807) is 0 Å². The summed E-state index contributed by atoms with van der Waals surface area (Å²) in [5, 5.41) is 0. The lowest BCUT2D eigenvalue weighted by Crippen LogP contribution is -2.27. The molecule has 0 radical (unpaired) electrons. The molecule has 0 saturated heterocycles. The first kappa shape index (κ1) is 15.2. The smallest absolute Gasteiger partial charge is 0.333 e. The van der Waals surface area contributed by atoms with E-state index in [4.69, 9.17) is 9.47 Å². The molecule has 1 saturated carbocycles. The first-order valence-electron chi connectivity index (χ1n) is 7.11. The monoisotopic (exact) mass is 254 g/mol. The fourth-order valence-electron chi connectivity index (χ4n) is 2.64. The number of carbonyl (C=O) groups excluding carboxylic acids is 1. The Morgan fingerprint density at radius 3 is 2.61 bits per heavy atom. The molecule has 2 unspecified atom stereocenters. The van der Waals surface area contributed by atoms with Crippen LogP contribution in [0.25, 0.3) is 0 Å². The molecule has 0 N–H and O–H groups in total. The summed E-state index contributed by atoms with van der Waals surface area (Å²) in [5.41, 5.74) is 0.710. The van der Waals surface area contributed by atoms with Crippen LogP contribution < -0.4 is 0 Å². The van der Waals surface area contributed by atoms with Crippen LogP contribution in [-0.2, 0) is 14.3 Å². The number of esters is 1. The van der Waals surface area contributed by atoms with Crippen molar-refractivity contribution in [2.24, 2.45) is 5.92 Å². The molecule has 3 nitrogen and oxygen atoms in total. The highest BCUT2D eigenvalue weighted by molar-refractivity contribution is 5.88. The zero-order valence-electron chi connectivity index (χ0n) is 11.9. The molecule has 1 aliphatic carbocycles. The minimum absolute atomic E-state index is 0.239. The van der Waals surface area contributed by atoms with E-state index >= 15 is 0 Å². The molecule has 0 aliphatic heterocycles. The van der Waals surface area contributed by atoms with Crippen molar-refractivity contribution in [2.75, 3.05) is 13.7 Å². The van der Waals surface area contributed by atoms with Gasteiger partial charge in [0.1, 0.15) is 0 Å². The van der Waals surface area contributed by atoms with Crippen LogP contribution in [0.4, 0.5) is 0 Å². The lowest BCUT2D eigenvalue weighted by Gasteiger charge is -2.30.